The summed E-state index contributed by atoms with van der Waals surface area (Å²) in [5.41, 5.74) is 0.423. The Labute approximate surface area is 193 Å². The van der Waals surface area contributed by atoms with Gasteiger partial charge < -0.3 is 14.5 Å². The average molecular weight is 472 g/mol. The Hall–Kier alpha value is -3.59. The fourth-order valence-corrected chi connectivity index (χ4v) is 3.74. The summed E-state index contributed by atoms with van der Waals surface area (Å²) in [4.78, 5) is 14.4. The molecule has 0 bridgehead atoms. The first-order valence-electron chi connectivity index (χ1n) is 10.0. The van der Waals surface area contributed by atoms with Gasteiger partial charge in [0.25, 0.3) is 5.91 Å². The highest BCUT2D eigenvalue weighted by Crippen LogP contribution is 2.31. The third kappa shape index (κ3) is 5.09. The molecule has 9 heteroatoms. The summed E-state index contributed by atoms with van der Waals surface area (Å²) in [5.74, 6) is 0.562. The summed E-state index contributed by atoms with van der Waals surface area (Å²) >= 11 is 5.35. The van der Waals surface area contributed by atoms with E-state index in [1.807, 2.05) is 37.3 Å². The number of carbonyl (C=O) groups excluding carboxylic acids is 1. The molecule has 1 amide bonds. The first-order chi connectivity index (χ1) is 15.7. The van der Waals surface area contributed by atoms with E-state index in [2.05, 4.69) is 5.32 Å². The average Bonchev–Trinajstić information content (AvgIpc) is 3.35. The highest BCUT2D eigenvalue weighted by Gasteiger charge is 2.35. The van der Waals surface area contributed by atoms with Crippen molar-refractivity contribution in [2.75, 3.05) is 0 Å². The van der Waals surface area contributed by atoms with Gasteiger partial charge >= 0.3 is 6.18 Å². The number of thiocarbonyl (C=S) groups is 1. The van der Waals surface area contributed by atoms with Crippen LogP contribution in [0.25, 0.3) is 6.08 Å². The van der Waals surface area contributed by atoms with Crippen LogP contribution < -0.4 is 10.1 Å². The van der Waals surface area contributed by atoms with Crippen LogP contribution in [0.4, 0.5) is 13.2 Å². The smallest absolute Gasteiger partial charge is 0.416 e. The quantitative estimate of drug-likeness (QED) is 0.369. The number of furan rings is 1. The van der Waals surface area contributed by atoms with E-state index in [0.717, 1.165) is 17.7 Å². The van der Waals surface area contributed by atoms with Crippen LogP contribution in [-0.2, 0) is 17.6 Å². The van der Waals surface area contributed by atoms with Crippen LogP contribution in [0.2, 0.25) is 0 Å². The summed E-state index contributed by atoms with van der Waals surface area (Å²) in [6.45, 7) is 1.82. The first-order valence-corrected chi connectivity index (χ1v) is 10.4. The van der Waals surface area contributed by atoms with Crippen molar-refractivity contribution in [3.63, 3.8) is 0 Å². The third-order valence-electron chi connectivity index (χ3n) is 5.09. The van der Waals surface area contributed by atoms with E-state index in [-0.39, 0.29) is 30.0 Å². The Bertz CT molecular complexity index is 1200. The molecule has 1 fully saturated rings. The predicted molar refractivity (Wildman–Crippen MR) is 120 cm³/mol. The number of benzene rings is 2. The molecule has 170 valence electrons. The SMILES string of the molecule is CC(c1ccccc1)N1C(=O)/C(=C/c2ccc(COc3cccc(C(F)(F)F)c3)o2)NC1=S. The van der Waals surface area contributed by atoms with Gasteiger partial charge in [-0.3, -0.25) is 9.69 Å². The van der Waals surface area contributed by atoms with Crippen molar-refractivity contribution in [1.82, 2.24) is 10.2 Å². The molecule has 3 aromatic rings. The molecular weight excluding hydrogens is 453 g/mol. The van der Waals surface area contributed by atoms with Crippen LogP contribution in [0.1, 0.15) is 35.6 Å². The van der Waals surface area contributed by atoms with Gasteiger partial charge in [-0.15, -0.1) is 0 Å². The van der Waals surface area contributed by atoms with Gasteiger partial charge in [0.1, 0.15) is 29.6 Å². The molecule has 1 aromatic heterocycles. The second-order valence-corrected chi connectivity index (χ2v) is 7.76. The number of amides is 1. The number of rotatable bonds is 6. The predicted octanol–water partition coefficient (Wildman–Crippen LogP) is 5.70. The summed E-state index contributed by atoms with van der Waals surface area (Å²) in [5, 5.41) is 3.21. The maximum absolute atomic E-state index is 12.9. The topological polar surface area (TPSA) is 54.7 Å². The fraction of sp³-hybridized carbons (Fsp3) is 0.167. The molecule has 4 rings (SSSR count). The number of hydrogen-bond donors (Lipinski definition) is 1. The molecule has 33 heavy (non-hydrogen) atoms. The zero-order valence-electron chi connectivity index (χ0n) is 17.4. The van der Waals surface area contributed by atoms with Crippen LogP contribution in [-0.4, -0.2) is 15.9 Å². The van der Waals surface area contributed by atoms with E-state index >= 15 is 0 Å². The lowest BCUT2D eigenvalue weighted by molar-refractivity contribution is -0.137. The number of ether oxygens (including phenoxy) is 1. The molecular formula is C24H19F3N2O3S. The van der Waals surface area contributed by atoms with Crippen LogP contribution in [0.3, 0.4) is 0 Å². The van der Waals surface area contributed by atoms with Gasteiger partial charge in [0, 0.05) is 6.08 Å². The lowest BCUT2D eigenvalue weighted by Crippen LogP contribution is -2.33. The molecule has 1 unspecified atom stereocenters. The standard InChI is InChI=1S/C24H19F3N2O3S/c1-15(16-6-3-2-4-7-16)29-22(30)21(28-23(29)33)13-19-10-11-20(32-19)14-31-18-9-5-8-17(12-18)24(25,26)27/h2-13,15H,14H2,1H3,(H,28,33)/b21-13-. The van der Waals surface area contributed by atoms with Crippen molar-refractivity contribution in [3.05, 3.63) is 95.1 Å². The number of halogens is 3. The molecule has 0 spiro atoms. The zero-order valence-corrected chi connectivity index (χ0v) is 18.2. The Morgan fingerprint density at radius 1 is 1.12 bits per heavy atom. The Morgan fingerprint density at radius 3 is 2.61 bits per heavy atom. The van der Waals surface area contributed by atoms with E-state index in [1.165, 1.54) is 23.1 Å². The highest BCUT2D eigenvalue weighted by molar-refractivity contribution is 7.80. The van der Waals surface area contributed by atoms with Crippen molar-refractivity contribution < 1.29 is 27.1 Å². The van der Waals surface area contributed by atoms with Crippen molar-refractivity contribution in [3.8, 4) is 5.75 Å². The van der Waals surface area contributed by atoms with Crippen LogP contribution in [0.15, 0.2) is 76.8 Å². The fourth-order valence-electron chi connectivity index (χ4n) is 3.39. The molecule has 0 radical (unpaired) electrons. The van der Waals surface area contributed by atoms with E-state index in [4.69, 9.17) is 21.4 Å². The van der Waals surface area contributed by atoms with Crippen LogP contribution >= 0.6 is 12.2 Å². The lowest BCUT2D eigenvalue weighted by atomic mass is 10.1. The van der Waals surface area contributed by atoms with Gasteiger partial charge in [-0.25, -0.2) is 0 Å². The van der Waals surface area contributed by atoms with Gasteiger partial charge in [-0.05, 0) is 55.0 Å². The van der Waals surface area contributed by atoms with Gasteiger partial charge in [-0.2, -0.15) is 13.2 Å². The van der Waals surface area contributed by atoms with Crippen molar-refractivity contribution in [1.29, 1.82) is 0 Å². The van der Waals surface area contributed by atoms with Gasteiger partial charge in [0.2, 0.25) is 0 Å². The second-order valence-electron chi connectivity index (χ2n) is 7.37. The van der Waals surface area contributed by atoms with E-state index < -0.39 is 11.7 Å². The van der Waals surface area contributed by atoms with Crippen LogP contribution in [0.5, 0.6) is 5.75 Å². The Balaban J connectivity index is 1.43. The summed E-state index contributed by atoms with van der Waals surface area (Å²) < 4.78 is 49.6. The van der Waals surface area contributed by atoms with Gasteiger partial charge in [-0.1, -0.05) is 36.4 Å². The van der Waals surface area contributed by atoms with Gasteiger partial charge in [0.15, 0.2) is 5.11 Å². The number of carbonyl (C=O) groups is 1. The molecule has 0 saturated carbocycles. The minimum Gasteiger partial charge on any atom is -0.486 e. The van der Waals surface area contributed by atoms with E-state index in [0.29, 0.717) is 16.6 Å². The Morgan fingerprint density at radius 2 is 1.88 bits per heavy atom. The number of nitrogens with one attached hydrogen (secondary N) is 1. The number of nitrogens with zero attached hydrogens (tertiary/aromatic N) is 1. The molecule has 5 nitrogen and oxygen atoms in total. The zero-order chi connectivity index (χ0) is 23.6. The minimum absolute atomic E-state index is 0.0680. The van der Waals surface area contributed by atoms with Crippen molar-refractivity contribution >= 4 is 29.3 Å². The lowest BCUT2D eigenvalue weighted by Gasteiger charge is -2.23. The monoisotopic (exact) mass is 472 g/mol. The van der Waals surface area contributed by atoms with Crippen molar-refractivity contribution in [2.24, 2.45) is 0 Å². The maximum Gasteiger partial charge on any atom is 0.416 e. The normalized spacial score (nSPS) is 16.2. The molecule has 1 aliphatic rings. The third-order valence-corrected chi connectivity index (χ3v) is 5.39. The molecule has 1 saturated heterocycles. The maximum atomic E-state index is 12.9. The van der Waals surface area contributed by atoms with E-state index in [1.54, 1.807) is 12.1 Å². The summed E-state index contributed by atoms with van der Waals surface area (Å²) in [7, 11) is 0. The molecule has 2 heterocycles. The molecule has 0 aliphatic carbocycles. The van der Waals surface area contributed by atoms with E-state index in [9.17, 15) is 18.0 Å². The minimum atomic E-state index is -4.45. The second kappa shape index (κ2) is 9.11. The highest BCUT2D eigenvalue weighted by atomic mass is 32.1. The first kappa shape index (κ1) is 22.6. The summed E-state index contributed by atoms with van der Waals surface area (Å²) in [6, 6.07) is 17.2. The molecule has 1 atom stereocenters. The number of hydrogen-bond acceptors (Lipinski definition) is 4. The molecule has 1 N–H and O–H groups in total. The molecule has 1 aliphatic heterocycles. The summed E-state index contributed by atoms with van der Waals surface area (Å²) in [6.07, 6.45) is -2.92. The van der Waals surface area contributed by atoms with Crippen LogP contribution in [0, 0.1) is 0 Å². The van der Waals surface area contributed by atoms with Gasteiger partial charge in [0.05, 0.1) is 11.6 Å². The Kier molecular flexibility index (Phi) is 6.24. The molecule has 2 aromatic carbocycles. The largest absolute Gasteiger partial charge is 0.486 e. The van der Waals surface area contributed by atoms with Crippen molar-refractivity contribution in [2.45, 2.75) is 25.7 Å². The number of alkyl halides is 3.